The van der Waals surface area contributed by atoms with Gasteiger partial charge in [0.05, 0.1) is 4.75 Å². The highest BCUT2D eigenvalue weighted by atomic mass is 35.5. The standard InChI is InChI=1S/C34H36ClN3O6S/c1-33(2,3)44-32(42)37-24(21-14-8-5-9-15-21)28(39)36-25-29(40)38-27(34(4,20-35)45-30(25)38)31(41)43-26(22-16-10-6-11-17-22)23-18-12-7-13-19-23/h5-19,24-27,30H,20H2,1-4H3,(H,36,39)(H,37,42). The zero-order chi connectivity index (χ0) is 32.4. The fraction of sp³-hybridized carbons (Fsp3) is 0.353. The Morgan fingerprint density at radius 2 is 1.42 bits per heavy atom. The van der Waals surface area contributed by atoms with Crippen LogP contribution in [0.15, 0.2) is 91.0 Å². The minimum atomic E-state index is -1.12. The number of nitrogens with zero attached hydrogens (tertiary/aromatic N) is 1. The van der Waals surface area contributed by atoms with E-state index in [1.165, 1.54) is 16.7 Å². The minimum absolute atomic E-state index is 0.0621. The number of esters is 1. The van der Waals surface area contributed by atoms with Gasteiger partial charge in [0.25, 0.3) is 0 Å². The van der Waals surface area contributed by atoms with Gasteiger partial charge in [0.1, 0.15) is 29.1 Å². The first-order chi connectivity index (χ1) is 21.4. The van der Waals surface area contributed by atoms with Gasteiger partial charge in [-0.25, -0.2) is 9.59 Å². The first kappa shape index (κ1) is 32.4. The summed E-state index contributed by atoms with van der Waals surface area (Å²) in [7, 11) is 0. The molecule has 2 N–H and O–H groups in total. The Hall–Kier alpha value is -4.02. The van der Waals surface area contributed by atoms with Gasteiger partial charge in [0.2, 0.25) is 11.8 Å². The molecule has 5 atom stereocenters. The Morgan fingerprint density at radius 3 is 1.91 bits per heavy atom. The number of rotatable bonds is 9. The van der Waals surface area contributed by atoms with E-state index in [2.05, 4.69) is 10.6 Å². The molecule has 2 fully saturated rings. The predicted molar refractivity (Wildman–Crippen MR) is 172 cm³/mol. The van der Waals surface area contributed by atoms with Gasteiger partial charge in [-0.3, -0.25) is 9.59 Å². The lowest BCUT2D eigenvalue weighted by Gasteiger charge is -2.44. The van der Waals surface area contributed by atoms with Crippen molar-refractivity contribution in [2.24, 2.45) is 0 Å². The van der Waals surface area contributed by atoms with Crippen molar-refractivity contribution in [2.75, 3.05) is 5.88 Å². The molecular formula is C34H36ClN3O6S. The lowest BCUT2D eigenvalue weighted by atomic mass is 9.95. The molecule has 0 spiro atoms. The van der Waals surface area contributed by atoms with Crippen molar-refractivity contribution in [3.8, 4) is 0 Å². The molecule has 2 saturated heterocycles. The second-order valence-corrected chi connectivity index (χ2v) is 14.1. The molecule has 0 saturated carbocycles. The van der Waals surface area contributed by atoms with E-state index < -0.39 is 63.8 Å². The maximum Gasteiger partial charge on any atom is 0.408 e. The van der Waals surface area contributed by atoms with E-state index in [1.807, 2.05) is 67.6 Å². The molecule has 5 unspecified atom stereocenters. The second kappa shape index (κ2) is 13.1. The molecular weight excluding hydrogens is 614 g/mol. The van der Waals surface area contributed by atoms with Gasteiger partial charge in [-0.2, -0.15) is 0 Å². The summed E-state index contributed by atoms with van der Waals surface area (Å²) in [5, 5.41) is 4.86. The van der Waals surface area contributed by atoms with E-state index in [0.717, 1.165) is 11.1 Å². The number of alkyl carbamates (subject to hydrolysis) is 1. The second-order valence-electron chi connectivity index (χ2n) is 12.2. The number of benzene rings is 3. The fourth-order valence-corrected chi connectivity index (χ4v) is 7.44. The van der Waals surface area contributed by atoms with E-state index in [1.54, 1.807) is 51.1 Å². The lowest BCUT2D eigenvalue weighted by Crippen LogP contribution is -2.71. The first-order valence-corrected chi connectivity index (χ1v) is 16.0. The zero-order valence-corrected chi connectivity index (χ0v) is 27.0. The Bertz CT molecular complexity index is 1500. The summed E-state index contributed by atoms with van der Waals surface area (Å²) in [5.41, 5.74) is 1.32. The lowest BCUT2D eigenvalue weighted by molar-refractivity contribution is -0.166. The van der Waals surface area contributed by atoms with Crippen LogP contribution in [0.2, 0.25) is 0 Å². The third-order valence-corrected chi connectivity index (χ3v) is 9.97. The SMILES string of the molecule is CC(C)(C)OC(=O)NC(C(=O)NC1C(=O)N2C1SC(C)(CCl)C2C(=O)OC(c1ccccc1)c1ccccc1)c1ccccc1. The molecule has 9 nitrogen and oxygen atoms in total. The summed E-state index contributed by atoms with van der Waals surface area (Å²) >= 11 is 7.79. The van der Waals surface area contributed by atoms with Crippen LogP contribution in [0.25, 0.3) is 0 Å². The number of nitrogens with one attached hydrogen (secondary N) is 2. The van der Waals surface area contributed by atoms with Crippen LogP contribution in [0, 0.1) is 0 Å². The van der Waals surface area contributed by atoms with Gasteiger partial charge in [-0.15, -0.1) is 23.4 Å². The fourth-order valence-electron chi connectivity index (χ4n) is 5.49. The molecule has 3 aromatic carbocycles. The number of β-lactam (4-membered cyclic amide) rings is 1. The predicted octanol–water partition coefficient (Wildman–Crippen LogP) is 5.35. The number of hydrogen-bond acceptors (Lipinski definition) is 7. The number of halogens is 1. The summed E-state index contributed by atoms with van der Waals surface area (Å²) in [6, 6.07) is 24.4. The van der Waals surface area contributed by atoms with Gasteiger partial charge < -0.3 is 25.0 Å². The maximum absolute atomic E-state index is 13.9. The third-order valence-electron chi connectivity index (χ3n) is 7.61. The van der Waals surface area contributed by atoms with E-state index in [-0.39, 0.29) is 5.88 Å². The van der Waals surface area contributed by atoms with E-state index in [4.69, 9.17) is 21.1 Å². The summed E-state index contributed by atoms with van der Waals surface area (Å²) < 4.78 is 10.6. The van der Waals surface area contributed by atoms with Crippen molar-refractivity contribution in [1.82, 2.24) is 15.5 Å². The van der Waals surface area contributed by atoms with Crippen molar-refractivity contribution in [3.05, 3.63) is 108 Å². The summed E-state index contributed by atoms with van der Waals surface area (Å²) in [6.07, 6.45) is -1.46. The van der Waals surface area contributed by atoms with E-state index in [9.17, 15) is 19.2 Å². The average molecular weight is 650 g/mol. The van der Waals surface area contributed by atoms with Gasteiger partial charge >= 0.3 is 12.1 Å². The molecule has 3 amide bonds. The number of carbonyl (C=O) groups excluding carboxylic acids is 4. The van der Waals surface area contributed by atoms with E-state index >= 15 is 0 Å². The number of amides is 3. The van der Waals surface area contributed by atoms with Crippen LogP contribution in [-0.2, 0) is 23.9 Å². The van der Waals surface area contributed by atoms with Crippen molar-refractivity contribution in [2.45, 2.75) is 67.6 Å². The molecule has 0 radical (unpaired) electrons. The van der Waals surface area contributed by atoms with Crippen molar-refractivity contribution in [3.63, 3.8) is 0 Å². The van der Waals surface area contributed by atoms with Crippen molar-refractivity contribution in [1.29, 1.82) is 0 Å². The van der Waals surface area contributed by atoms with Crippen LogP contribution < -0.4 is 10.6 Å². The number of thioether (sulfide) groups is 1. The smallest absolute Gasteiger partial charge is 0.408 e. The minimum Gasteiger partial charge on any atom is -0.451 e. The molecule has 5 rings (SSSR count). The number of fused-ring (bicyclic) bond motifs is 1. The molecule has 11 heteroatoms. The van der Waals surface area contributed by atoms with Crippen LogP contribution in [0.1, 0.15) is 56.5 Å². The molecule has 3 aromatic rings. The highest BCUT2D eigenvalue weighted by Gasteiger charge is 2.66. The van der Waals surface area contributed by atoms with Crippen molar-refractivity contribution < 1.29 is 28.7 Å². The van der Waals surface area contributed by atoms with Crippen molar-refractivity contribution >= 4 is 47.2 Å². The normalized spacial score (nSPS) is 23.0. The first-order valence-electron chi connectivity index (χ1n) is 14.6. The third kappa shape index (κ3) is 6.97. The van der Waals surface area contributed by atoms with Gasteiger partial charge in [0, 0.05) is 5.88 Å². The number of hydrogen-bond donors (Lipinski definition) is 2. The van der Waals surface area contributed by atoms with Crippen LogP contribution in [-0.4, -0.2) is 62.5 Å². The summed E-state index contributed by atoms with van der Waals surface area (Å²) in [6.45, 7) is 6.99. The van der Waals surface area contributed by atoms with Crippen LogP contribution in [0.3, 0.4) is 0 Å². The zero-order valence-electron chi connectivity index (χ0n) is 25.4. The Kier molecular flexibility index (Phi) is 9.46. The highest BCUT2D eigenvalue weighted by molar-refractivity contribution is 8.01. The molecule has 45 heavy (non-hydrogen) atoms. The monoisotopic (exact) mass is 649 g/mol. The van der Waals surface area contributed by atoms with Gasteiger partial charge in [-0.05, 0) is 44.4 Å². The Morgan fingerprint density at radius 1 is 0.911 bits per heavy atom. The molecule has 2 aliphatic heterocycles. The molecule has 2 aliphatic rings. The topological polar surface area (TPSA) is 114 Å². The number of carbonyl (C=O) groups is 4. The van der Waals surface area contributed by atoms with Gasteiger partial charge in [0.15, 0.2) is 6.10 Å². The number of ether oxygens (including phenoxy) is 2. The molecule has 2 heterocycles. The quantitative estimate of drug-likeness (QED) is 0.182. The Balaban J connectivity index is 1.35. The van der Waals surface area contributed by atoms with E-state index in [0.29, 0.717) is 5.56 Å². The molecule has 0 bridgehead atoms. The molecule has 0 aliphatic carbocycles. The van der Waals surface area contributed by atoms with Gasteiger partial charge in [-0.1, -0.05) is 91.0 Å². The molecule has 0 aromatic heterocycles. The van der Waals surface area contributed by atoms with Crippen LogP contribution >= 0.6 is 23.4 Å². The van der Waals surface area contributed by atoms with Crippen LogP contribution in [0.5, 0.6) is 0 Å². The summed E-state index contributed by atoms with van der Waals surface area (Å²) in [5.74, 6) is -1.54. The Labute approximate surface area is 272 Å². The average Bonchev–Trinajstić information content (AvgIpc) is 3.31. The van der Waals surface area contributed by atoms with Crippen LogP contribution in [0.4, 0.5) is 4.79 Å². The summed E-state index contributed by atoms with van der Waals surface area (Å²) in [4.78, 5) is 55.3. The highest BCUT2D eigenvalue weighted by Crippen LogP contribution is 2.52. The number of alkyl halides is 1. The molecule has 236 valence electrons. The largest absolute Gasteiger partial charge is 0.451 e. The maximum atomic E-state index is 13.9.